The number of hydrogen-bond acceptors (Lipinski definition) is 5. The molecular formula is C18H19FN2O5S. The maximum Gasteiger partial charge on any atom is 0.255 e. The Morgan fingerprint density at radius 1 is 1.19 bits per heavy atom. The number of carbonyl (C=O) groups excluding carboxylic acids is 1. The summed E-state index contributed by atoms with van der Waals surface area (Å²) in [6.45, 7) is 2.49. The summed E-state index contributed by atoms with van der Waals surface area (Å²) in [5.74, 6) is -1.71. The summed E-state index contributed by atoms with van der Waals surface area (Å²) >= 11 is 0. The lowest BCUT2D eigenvalue weighted by Gasteiger charge is -2.26. The average molecular weight is 394 g/mol. The summed E-state index contributed by atoms with van der Waals surface area (Å²) in [6, 6.07) is 7.84. The molecule has 7 nitrogen and oxygen atoms in total. The van der Waals surface area contributed by atoms with E-state index in [1.54, 1.807) is 13.0 Å². The molecule has 1 fully saturated rings. The van der Waals surface area contributed by atoms with Gasteiger partial charge in [-0.05, 0) is 42.8 Å². The zero-order valence-electron chi connectivity index (χ0n) is 14.6. The van der Waals surface area contributed by atoms with Crippen LogP contribution in [0.25, 0.3) is 0 Å². The van der Waals surface area contributed by atoms with E-state index in [-0.39, 0.29) is 43.3 Å². The van der Waals surface area contributed by atoms with Crippen molar-refractivity contribution in [3.8, 4) is 5.75 Å². The first kappa shape index (κ1) is 19.3. The molecule has 0 atom stereocenters. The van der Waals surface area contributed by atoms with E-state index in [4.69, 9.17) is 4.74 Å². The van der Waals surface area contributed by atoms with Crippen LogP contribution in [0.4, 0.5) is 10.1 Å². The lowest BCUT2D eigenvalue weighted by molar-refractivity contribution is 0.0729. The first-order chi connectivity index (χ1) is 12.8. The van der Waals surface area contributed by atoms with Gasteiger partial charge in [-0.25, -0.2) is 12.8 Å². The van der Waals surface area contributed by atoms with E-state index in [1.807, 2.05) is 0 Å². The highest BCUT2D eigenvalue weighted by Gasteiger charge is 2.29. The van der Waals surface area contributed by atoms with Crippen molar-refractivity contribution in [3.05, 3.63) is 53.3 Å². The van der Waals surface area contributed by atoms with Crippen molar-refractivity contribution >= 4 is 21.6 Å². The summed E-state index contributed by atoms with van der Waals surface area (Å²) in [7, 11) is -4.09. The largest absolute Gasteiger partial charge is 0.506 e. The molecule has 1 saturated heterocycles. The van der Waals surface area contributed by atoms with Crippen LogP contribution >= 0.6 is 0 Å². The Morgan fingerprint density at radius 2 is 1.89 bits per heavy atom. The molecule has 1 aliphatic heterocycles. The average Bonchev–Trinajstić information content (AvgIpc) is 2.65. The Hall–Kier alpha value is -2.49. The number of aromatic hydroxyl groups is 1. The Labute approximate surface area is 156 Å². The fraction of sp³-hybridized carbons (Fsp3) is 0.278. The fourth-order valence-corrected chi connectivity index (χ4v) is 4.21. The third-order valence-electron chi connectivity index (χ3n) is 4.18. The van der Waals surface area contributed by atoms with Gasteiger partial charge in [0.25, 0.3) is 5.91 Å². The normalized spacial score (nSPS) is 15.5. The van der Waals surface area contributed by atoms with Gasteiger partial charge in [0.05, 0.1) is 18.9 Å². The highest BCUT2D eigenvalue weighted by atomic mass is 32.2. The highest BCUT2D eigenvalue weighted by molar-refractivity contribution is 7.89. The molecule has 1 amide bonds. The minimum atomic E-state index is -4.09. The van der Waals surface area contributed by atoms with Crippen LogP contribution in [0.2, 0.25) is 0 Å². The molecule has 9 heteroatoms. The van der Waals surface area contributed by atoms with Crippen LogP contribution < -0.4 is 5.32 Å². The van der Waals surface area contributed by atoms with E-state index in [0.717, 1.165) is 22.0 Å². The van der Waals surface area contributed by atoms with E-state index in [0.29, 0.717) is 0 Å². The van der Waals surface area contributed by atoms with Gasteiger partial charge in [-0.15, -0.1) is 0 Å². The number of anilines is 1. The van der Waals surface area contributed by atoms with Crippen molar-refractivity contribution in [1.82, 2.24) is 4.31 Å². The number of sulfonamides is 1. The lowest BCUT2D eigenvalue weighted by Crippen LogP contribution is -2.41. The summed E-state index contributed by atoms with van der Waals surface area (Å²) in [4.78, 5) is 11.9. The highest BCUT2D eigenvalue weighted by Crippen LogP contribution is 2.26. The second kappa shape index (κ2) is 7.63. The first-order valence-electron chi connectivity index (χ1n) is 8.27. The van der Waals surface area contributed by atoms with Gasteiger partial charge in [0.1, 0.15) is 16.5 Å². The topological polar surface area (TPSA) is 95.9 Å². The van der Waals surface area contributed by atoms with Crippen molar-refractivity contribution in [1.29, 1.82) is 0 Å². The smallest absolute Gasteiger partial charge is 0.255 e. The van der Waals surface area contributed by atoms with E-state index in [1.165, 1.54) is 18.2 Å². The number of aryl methyl sites for hydroxylation is 1. The molecule has 2 N–H and O–H groups in total. The molecule has 2 aromatic rings. The number of hydrogen-bond donors (Lipinski definition) is 2. The SMILES string of the molecule is Cc1ccc(NC(=O)c2ccc(F)c(S(=O)(=O)N3CCOCC3)c2)c(O)c1. The number of amides is 1. The molecule has 144 valence electrons. The molecule has 3 rings (SSSR count). The predicted molar refractivity (Wildman–Crippen MR) is 96.8 cm³/mol. The number of phenolic OH excluding ortho intramolecular Hbond substituents is 1. The molecule has 1 aliphatic rings. The number of phenols is 1. The van der Waals surface area contributed by atoms with Gasteiger partial charge in [-0.1, -0.05) is 6.07 Å². The van der Waals surface area contributed by atoms with Gasteiger partial charge in [0.2, 0.25) is 10.0 Å². The van der Waals surface area contributed by atoms with E-state index in [2.05, 4.69) is 5.32 Å². The van der Waals surface area contributed by atoms with Gasteiger partial charge in [-0.2, -0.15) is 4.31 Å². The number of ether oxygens (including phenoxy) is 1. The molecule has 1 heterocycles. The van der Waals surface area contributed by atoms with Crippen LogP contribution in [0.3, 0.4) is 0 Å². The third-order valence-corrected chi connectivity index (χ3v) is 6.10. The predicted octanol–water partition coefficient (Wildman–Crippen LogP) is 2.11. The Morgan fingerprint density at radius 3 is 2.56 bits per heavy atom. The number of benzene rings is 2. The zero-order chi connectivity index (χ0) is 19.6. The second-order valence-electron chi connectivity index (χ2n) is 6.14. The van der Waals surface area contributed by atoms with Crippen molar-refractivity contribution in [2.24, 2.45) is 0 Å². The van der Waals surface area contributed by atoms with Gasteiger partial charge < -0.3 is 15.2 Å². The number of nitrogens with zero attached hydrogens (tertiary/aromatic N) is 1. The van der Waals surface area contributed by atoms with Crippen molar-refractivity contribution < 1.29 is 27.4 Å². The first-order valence-corrected chi connectivity index (χ1v) is 9.71. The van der Waals surface area contributed by atoms with Crippen LogP contribution in [0, 0.1) is 12.7 Å². The number of halogens is 1. The van der Waals surface area contributed by atoms with Gasteiger partial charge in [0, 0.05) is 18.7 Å². The van der Waals surface area contributed by atoms with Crippen LogP contribution in [-0.2, 0) is 14.8 Å². The maximum atomic E-state index is 14.2. The van der Waals surface area contributed by atoms with Crippen molar-refractivity contribution in [2.75, 3.05) is 31.6 Å². The number of carbonyl (C=O) groups is 1. The lowest BCUT2D eigenvalue weighted by atomic mass is 10.1. The minimum absolute atomic E-state index is 0.0387. The molecule has 0 spiro atoms. The Kier molecular flexibility index (Phi) is 5.45. The molecule has 0 aliphatic carbocycles. The molecule has 0 aromatic heterocycles. The number of morpholine rings is 1. The van der Waals surface area contributed by atoms with E-state index < -0.39 is 26.6 Å². The number of nitrogens with one attached hydrogen (secondary N) is 1. The van der Waals surface area contributed by atoms with Gasteiger partial charge in [0.15, 0.2) is 0 Å². The molecule has 0 radical (unpaired) electrons. The molecular weight excluding hydrogens is 375 g/mol. The van der Waals surface area contributed by atoms with Crippen LogP contribution in [0.1, 0.15) is 15.9 Å². The van der Waals surface area contributed by atoms with Crippen LogP contribution in [-0.4, -0.2) is 50.0 Å². The quantitative estimate of drug-likeness (QED) is 0.775. The molecule has 0 bridgehead atoms. The summed E-state index contributed by atoms with van der Waals surface area (Å²) < 4.78 is 45.8. The van der Waals surface area contributed by atoms with Crippen LogP contribution in [0.15, 0.2) is 41.3 Å². The Bertz CT molecular complexity index is 972. The van der Waals surface area contributed by atoms with Gasteiger partial charge in [-0.3, -0.25) is 4.79 Å². The summed E-state index contributed by atoms with van der Waals surface area (Å²) in [5, 5.41) is 12.4. The van der Waals surface area contributed by atoms with E-state index in [9.17, 15) is 22.7 Å². The second-order valence-corrected chi connectivity index (χ2v) is 8.04. The third kappa shape index (κ3) is 4.10. The zero-order valence-corrected chi connectivity index (χ0v) is 15.4. The molecule has 0 saturated carbocycles. The monoisotopic (exact) mass is 394 g/mol. The maximum absolute atomic E-state index is 14.2. The number of rotatable bonds is 4. The van der Waals surface area contributed by atoms with Crippen molar-refractivity contribution in [3.63, 3.8) is 0 Å². The molecule has 0 unspecified atom stereocenters. The minimum Gasteiger partial charge on any atom is -0.506 e. The molecule has 2 aromatic carbocycles. The van der Waals surface area contributed by atoms with Crippen molar-refractivity contribution in [2.45, 2.75) is 11.8 Å². The Balaban J connectivity index is 1.89. The van der Waals surface area contributed by atoms with E-state index >= 15 is 0 Å². The standard InChI is InChI=1S/C18H19FN2O5S/c1-12-2-5-15(16(22)10-12)20-18(23)13-3-4-14(19)17(11-13)27(24,25)21-6-8-26-9-7-21/h2-5,10-11,22H,6-9H2,1H3,(H,20,23). The molecule has 27 heavy (non-hydrogen) atoms. The fourth-order valence-electron chi connectivity index (χ4n) is 2.71. The summed E-state index contributed by atoms with van der Waals surface area (Å²) in [6.07, 6.45) is 0. The summed E-state index contributed by atoms with van der Waals surface area (Å²) in [5.41, 5.74) is 0.946. The van der Waals surface area contributed by atoms with Gasteiger partial charge >= 0.3 is 0 Å². The van der Waals surface area contributed by atoms with Crippen LogP contribution in [0.5, 0.6) is 5.75 Å².